The third-order valence-corrected chi connectivity index (χ3v) is 4.10. The van der Waals surface area contributed by atoms with Crippen LogP contribution in [-0.4, -0.2) is 33.8 Å². The SMILES string of the molecule is COC(=O)c1ccc(Br)cc1NC(=O)c1ccc(-n2ccc(C#N)c2)nn1. The van der Waals surface area contributed by atoms with Crippen LogP contribution in [0.5, 0.6) is 0 Å². The van der Waals surface area contributed by atoms with Crippen molar-refractivity contribution < 1.29 is 14.3 Å². The van der Waals surface area contributed by atoms with Crippen molar-refractivity contribution in [1.82, 2.24) is 14.8 Å². The second-order valence-electron chi connectivity index (χ2n) is 5.33. The topological polar surface area (TPSA) is 110 Å². The fraction of sp³-hybridized carbons (Fsp3) is 0.0556. The van der Waals surface area contributed by atoms with Gasteiger partial charge in [0.2, 0.25) is 0 Å². The molecule has 0 fully saturated rings. The van der Waals surface area contributed by atoms with E-state index in [9.17, 15) is 9.59 Å². The molecule has 0 aliphatic rings. The summed E-state index contributed by atoms with van der Waals surface area (Å²) in [6.07, 6.45) is 3.28. The molecule has 0 aliphatic heterocycles. The Kier molecular flexibility index (Phi) is 5.28. The monoisotopic (exact) mass is 425 g/mol. The third-order valence-electron chi connectivity index (χ3n) is 3.60. The number of anilines is 1. The average Bonchev–Trinajstić information content (AvgIpc) is 3.17. The number of ether oxygens (including phenoxy) is 1. The van der Waals surface area contributed by atoms with Gasteiger partial charge in [-0.25, -0.2) is 4.79 Å². The van der Waals surface area contributed by atoms with Crippen LogP contribution in [0.3, 0.4) is 0 Å². The molecule has 0 saturated heterocycles. The minimum atomic E-state index is -0.569. The number of hydrogen-bond acceptors (Lipinski definition) is 6. The number of aromatic nitrogens is 3. The van der Waals surface area contributed by atoms with E-state index in [1.807, 2.05) is 6.07 Å². The minimum Gasteiger partial charge on any atom is -0.465 e. The molecule has 9 heteroatoms. The zero-order valence-corrected chi connectivity index (χ0v) is 15.6. The van der Waals surface area contributed by atoms with Gasteiger partial charge in [-0.1, -0.05) is 15.9 Å². The van der Waals surface area contributed by atoms with Crippen LogP contribution in [0.4, 0.5) is 5.69 Å². The lowest BCUT2D eigenvalue weighted by Gasteiger charge is -2.10. The molecule has 27 heavy (non-hydrogen) atoms. The van der Waals surface area contributed by atoms with Gasteiger partial charge in [-0.05, 0) is 36.4 Å². The standard InChI is InChI=1S/C18H12BrN5O3/c1-27-18(26)13-3-2-12(19)8-15(13)21-17(25)14-4-5-16(23-22-14)24-7-6-11(9-20)10-24/h2-8,10H,1H3,(H,21,25). The van der Waals surface area contributed by atoms with Gasteiger partial charge < -0.3 is 14.6 Å². The molecule has 8 nitrogen and oxygen atoms in total. The predicted molar refractivity (Wildman–Crippen MR) is 99.5 cm³/mol. The van der Waals surface area contributed by atoms with Crippen molar-refractivity contribution in [1.29, 1.82) is 5.26 Å². The van der Waals surface area contributed by atoms with Crippen LogP contribution in [-0.2, 0) is 4.74 Å². The van der Waals surface area contributed by atoms with Gasteiger partial charge in [0.15, 0.2) is 11.5 Å². The summed E-state index contributed by atoms with van der Waals surface area (Å²) in [4.78, 5) is 24.3. The molecule has 1 N–H and O–H groups in total. The number of nitriles is 1. The van der Waals surface area contributed by atoms with Crippen LogP contribution in [0.25, 0.3) is 5.82 Å². The van der Waals surface area contributed by atoms with Crippen molar-refractivity contribution in [2.24, 2.45) is 0 Å². The van der Waals surface area contributed by atoms with Gasteiger partial charge in [0.25, 0.3) is 5.91 Å². The first-order chi connectivity index (χ1) is 13.0. The number of rotatable bonds is 4. The normalized spacial score (nSPS) is 10.1. The molecule has 3 aromatic rings. The first-order valence-corrected chi connectivity index (χ1v) is 8.42. The number of nitrogens with zero attached hydrogens (tertiary/aromatic N) is 4. The van der Waals surface area contributed by atoms with E-state index in [4.69, 9.17) is 10.00 Å². The number of nitrogens with one attached hydrogen (secondary N) is 1. The van der Waals surface area contributed by atoms with Crippen LogP contribution in [0.15, 0.2) is 53.3 Å². The molecule has 3 rings (SSSR count). The van der Waals surface area contributed by atoms with Gasteiger partial charge in [-0.15, -0.1) is 10.2 Å². The van der Waals surface area contributed by atoms with Gasteiger partial charge in [-0.3, -0.25) is 4.79 Å². The van der Waals surface area contributed by atoms with E-state index in [0.717, 1.165) is 0 Å². The molecule has 1 aromatic carbocycles. The largest absolute Gasteiger partial charge is 0.465 e. The Labute approximate surface area is 162 Å². The highest BCUT2D eigenvalue weighted by Gasteiger charge is 2.16. The molecule has 134 valence electrons. The van der Waals surface area contributed by atoms with Crippen LogP contribution < -0.4 is 5.32 Å². The second kappa shape index (κ2) is 7.80. The van der Waals surface area contributed by atoms with Crippen molar-refractivity contribution in [3.05, 3.63) is 70.1 Å². The van der Waals surface area contributed by atoms with Crippen molar-refractivity contribution in [3.8, 4) is 11.9 Å². The van der Waals surface area contributed by atoms with Gasteiger partial charge >= 0.3 is 5.97 Å². The molecule has 0 aliphatic carbocycles. The first kappa shape index (κ1) is 18.3. The highest BCUT2D eigenvalue weighted by Crippen LogP contribution is 2.23. The molecular formula is C18H12BrN5O3. The number of benzene rings is 1. The predicted octanol–water partition coefficient (Wildman–Crippen LogP) is 2.94. The summed E-state index contributed by atoms with van der Waals surface area (Å²) >= 11 is 3.30. The van der Waals surface area contributed by atoms with Crippen LogP contribution in [0.1, 0.15) is 26.4 Å². The number of amides is 1. The number of carbonyl (C=O) groups excluding carboxylic acids is 2. The number of hydrogen-bond donors (Lipinski definition) is 1. The third kappa shape index (κ3) is 4.02. The van der Waals surface area contributed by atoms with Crippen molar-refractivity contribution in [2.75, 3.05) is 12.4 Å². The van der Waals surface area contributed by atoms with E-state index in [1.165, 1.54) is 13.2 Å². The van der Waals surface area contributed by atoms with Gasteiger partial charge in [0.1, 0.15) is 6.07 Å². The second-order valence-corrected chi connectivity index (χ2v) is 6.25. The maximum Gasteiger partial charge on any atom is 0.339 e. The zero-order chi connectivity index (χ0) is 19.4. The Morgan fingerprint density at radius 3 is 2.67 bits per heavy atom. The smallest absolute Gasteiger partial charge is 0.339 e. The summed E-state index contributed by atoms with van der Waals surface area (Å²) in [6.45, 7) is 0. The van der Waals surface area contributed by atoms with Gasteiger partial charge in [0.05, 0.1) is 23.9 Å². The first-order valence-electron chi connectivity index (χ1n) is 7.63. The number of methoxy groups -OCH3 is 1. The van der Waals surface area contributed by atoms with E-state index in [2.05, 4.69) is 31.4 Å². The highest BCUT2D eigenvalue weighted by atomic mass is 79.9. The van der Waals surface area contributed by atoms with E-state index in [-0.39, 0.29) is 16.9 Å². The molecule has 0 saturated carbocycles. The molecule has 0 bridgehead atoms. The van der Waals surface area contributed by atoms with Gasteiger partial charge in [-0.2, -0.15) is 5.26 Å². The maximum atomic E-state index is 12.5. The van der Waals surface area contributed by atoms with Crippen LogP contribution in [0.2, 0.25) is 0 Å². The van der Waals surface area contributed by atoms with E-state index < -0.39 is 11.9 Å². The average molecular weight is 426 g/mol. The van der Waals surface area contributed by atoms with Crippen molar-refractivity contribution in [3.63, 3.8) is 0 Å². The summed E-state index contributed by atoms with van der Waals surface area (Å²) in [7, 11) is 1.26. The Morgan fingerprint density at radius 1 is 1.22 bits per heavy atom. The lowest BCUT2D eigenvalue weighted by molar-refractivity contribution is 0.0602. The highest BCUT2D eigenvalue weighted by molar-refractivity contribution is 9.10. The van der Waals surface area contributed by atoms with E-state index in [1.54, 1.807) is 47.3 Å². The Hall–Kier alpha value is -3.51. The van der Waals surface area contributed by atoms with Gasteiger partial charge in [0, 0.05) is 16.9 Å². The lowest BCUT2D eigenvalue weighted by Crippen LogP contribution is -2.17. The van der Waals surface area contributed by atoms with E-state index >= 15 is 0 Å². The van der Waals surface area contributed by atoms with Crippen molar-refractivity contribution >= 4 is 33.5 Å². The molecule has 2 heterocycles. The molecule has 2 aromatic heterocycles. The van der Waals surface area contributed by atoms with Crippen molar-refractivity contribution in [2.45, 2.75) is 0 Å². The maximum absolute atomic E-state index is 12.5. The lowest BCUT2D eigenvalue weighted by atomic mass is 10.1. The zero-order valence-electron chi connectivity index (χ0n) is 14.0. The Balaban J connectivity index is 1.82. The molecule has 0 unspecified atom stereocenters. The van der Waals surface area contributed by atoms with Crippen LogP contribution >= 0.6 is 15.9 Å². The molecule has 0 spiro atoms. The van der Waals surface area contributed by atoms with Crippen LogP contribution in [0, 0.1) is 11.3 Å². The summed E-state index contributed by atoms with van der Waals surface area (Å²) in [6, 6.07) is 11.6. The fourth-order valence-electron chi connectivity index (χ4n) is 2.28. The Morgan fingerprint density at radius 2 is 2.04 bits per heavy atom. The molecule has 0 atom stereocenters. The minimum absolute atomic E-state index is 0.0715. The Bertz CT molecular complexity index is 1050. The summed E-state index contributed by atoms with van der Waals surface area (Å²) in [5.74, 6) is -0.631. The summed E-state index contributed by atoms with van der Waals surface area (Å²) < 4.78 is 7.03. The number of halogens is 1. The summed E-state index contributed by atoms with van der Waals surface area (Å²) in [5.41, 5.74) is 1.07. The molecule has 1 amide bonds. The van der Waals surface area contributed by atoms with E-state index in [0.29, 0.717) is 15.9 Å². The number of carbonyl (C=O) groups is 2. The molecular weight excluding hydrogens is 414 g/mol. The fourth-order valence-corrected chi connectivity index (χ4v) is 2.64. The summed E-state index contributed by atoms with van der Waals surface area (Å²) in [5, 5.41) is 19.4. The number of esters is 1. The quantitative estimate of drug-likeness (QED) is 0.643. The molecule has 0 radical (unpaired) electrons.